The molecule has 2 aromatic carbocycles. The summed E-state index contributed by atoms with van der Waals surface area (Å²) < 4.78 is 5.42. The molecule has 1 aliphatic heterocycles. The van der Waals surface area contributed by atoms with Gasteiger partial charge >= 0.3 is 0 Å². The monoisotopic (exact) mass is 394 g/mol. The molecule has 0 bridgehead atoms. The van der Waals surface area contributed by atoms with Gasteiger partial charge in [0.2, 0.25) is 0 Å². The van der Waals surface area contributed by atoms with Gasteiger partial charge in [0.25, 0.3) is 0 Å². The maximum atomic E-state index is 5.42. The zero-order valence-corrected chi connectivity index (χ0v) is 17.6. The molecule has 0 aliphatic carbocycles. The molecule has 5 nitrogen and oxygen atoms in total. The third kappa shape index (κ3) is 7.87. The van der Waals surface area contributed by atoms with Crippen LogP contribution < -0.4 is 10.6 Å². The van der Waals surface area contributed by atoms with Crippen molar-refractivity contribution in [1.82, 2.24) is 15.5 Å². The van der Waals surface area contributed by atoms with Gasteiger partial charge in [0.1, 0.15) is 0 Å². The number of hydrogen-bond donors (Lipinski definition) is 2. The molecular weight excluding hydrogens is 360 g/mol. The Morgan fingerprint density at radius 1 is 0.931 bits per heavy atom. The molecule has 1 heterocycles. The minimum atomic E-state index is 0.686. The van der Waals surface area contributed by atoms with Gasteiger partial charge in [0.05, 0.1) is 19.8 Å². The summed E-state index contributed by atoms with van der Waals surface area (Å²) in [6.45, 7) is 9.30. The molecule has 0 spiro atoms. The predicted molar refractivity (Wildman–Crippen MR) is 120 cm³/mol. The lowest BCUT2D eigenvalue weighted by molar-refractivity contribution is 0.0342. The van der Waals surface area contributed by atoms with E-state index in [2.05, 4.69) is 77.1 Å². The lowest BCUT2D eigenvalue weighted by Gasteiger charge is -2.26. The minimum absolute atomic E-state index is 0.686. The first kappa shape index (κ1) is 21.3. The van der Waals surface area contributed by atoms with Crippen molar-refractivity contribution in [3.05, 3.63) is 71.3 Å². The van der Waals surface area contributed by atoms with Gasteiger partial charge in [-0.3, -0.25) is 4.90 Å². The van der Waals surface area contributed by atoms with E-state index < -0.39 is 0 Å². The fourth-order valence-corrected chi connectivity index (χ4v) is 3.42. The number of benzene rings is 2. The Bertz CT molecular complexity index is 724. The minimum Gasteiger partial charge on any atom is -0.379 e. The normalized spacial score (nSPS) is 15.3. The molecule has 0 aromatic heterocycles. The number of morpholine rings is 1. The van der Waals surface area contributed by atoms with Crippen LogP contribution in [0.4, 0.5) is 0 Å². The number of aliphatic imine (C=N–C) groups is 1. The molecule has 0 saturated carbocycles. The number of nitrogens with zero attached hydrogens (tertiary/aromatic N) is 2. The molecule has 156 valence electrons. The highest BCUT2D eigenvalue weighted by Gasteiger charge is 2.10. The molecule has 0 unspecified atom stereocenters. The molecule has 1 fully saturated rings. The topological polar surface area (TPSA) is 48.9 Å². The van der Waals surface area contributed by atoms with Crippen LogP contribution in [0.5, 0.6) is 0 Å². The number of aryl methyl sites for hydroxylation is 1. The summed E-state index contributed by atoms with van der Waals surface area (Å²) in [4.78, 5) is 7.18. The summed E-state index contributed by atoms with van der Waals surface area (Å²) in [6, 6.07) is 19.5. The second-order valence-electron chi connectivity index (χ2n) is 7.42. The van der Waals surface area contributed by atoms with Crippen LogP contribution in [0.2, 0.25) is 0 Å². The van der Waals surface area contributed by atoms with Crippen molar-refractivity contribution >= 4 is 5.96 Å². The number of rotatable bonds is 9. The van der Waals surface area contributed by atoms with Gasteiger partial charge in [-0.05, 0) is 36.5 Å². The quantitative estimate of drug-likeness (QED) is 0.390. The number of ether oxygens (including phenoxy) is 1. The average Bonchev–Trinajstić information content (AvgIpc) is 2.77. The SMILES string of the molecule is CCNC(=NCc1ccc(CN2CCOCC2)cc1)NCCCc1ccccc1. The van der Waals surface area contributed by atoms with Gasteiger partial charge in [-0.15, -0.1) is 0 Å². The maximum absolute atomic E-state index is 5.42. The standard InChI is InChI=1S/C24H34N4O/c1-2-25-24(26-14-6-9-21-7-4-3-5-8-21)27-19-22-10-12-23(13-11-22)20-28-15-17-29-18-16-28/h3-5,7-8,10-13H,2,6,9,14-20H2,1H3,(H2,25,26,27). The Hall–Kier alpha value is -2.37. The molecule has 0 amide bonds. The molecule has 0 atom stereocenters. The molecule has 29 heavy (non-hydrogen) atoms. The first-order chi connectivity index (χ1) is 14.3. The van der Waals surface area contributed by atoms with Crippen LogP contribution in [0.3, 0.4) is 0 Å². The van der Waals surface area contributed by atoms with E-state index >= 15 is 0 Å². The summed E-state index contributed by atoms with van der Waals surface area (Å²) in [6.07, 6.45) is 2.17. The Morgan fingerprint density at radius 2 is 1.66 bits per heavy atom. The Balaban J connectivity index is 1.43. The van der Waals surface area contributed by atoms with E-state index in [1.807, 2.05) is 0 Å². The van der Waals surface area contributed by atoms with Gasteiger partial charge in [-0.2, -0.15) is 0 Å². The summed E-state index contributed by atoms with van der Waals surface area (Å²) >= 11 is 0. The fourth-order valence-electron chi connectivity index (χ4n) is 3.42. The summed E-state index contributed by atoms with van der Waals surface area (Å²) in [7, 11) is 0. The Morgan fingerprint density at radius 3 is 2.38 bits per heavy atom. The number of hydrogen-bond acceptors (Lipinski definition) is 3. The van der Waals surface area contributed by atoms with E-state index in [0.29, 0.717) is 6.54 Å². The van der Waals surface area contributed by atoms with Crippen LogP contribution in [-0.2, 0) is 24.2 Å². The Kier molecular flexibility index (Phi) is 9.01. The van der Waals surface area contributed by atoms with Crippen molar-refractivity contribution in [2.24, 2.45) is 4.99 Å². The summed E-state index contributed by atoms with van der Waals surface area (Å²) in [5.74, 6) is 0.887. The molecule has 1 saturated heterocycles. The van der Waals surface area contributed by atoms with Gasteiger partial charge in [-0.25, -0.2) is 4.99 Å². The fraction of sp³-hybridized carbons (Fsp3) is 0.458. The molecular formula is C24H34N4O. The third-order valence-electron chi connectivity index (χ3n) is 5.07. The van der Waals surface area contributed by atoms with Gasteiger partial charge in [-0.1, -0.05) is 54.6 Å². The van der Waals surface area contributed by atoms with Crippen molar-refractivity contribution in [2.45, 2.75) is 32.9 Å². The number of guanidine groups is 1. The van der Waals surface area contributed by atoms with Crippen molar-refractivity contribution in [3.8, 4) is 0 Å². The maximum Gasteiger partial charge on any atom is 0.191 e. The number of nitrogens with one attached hydrogen (secondary N) is 2. The summed E-state index contributed by atoms with van der Waals surface area (Å²) in [5, 5.41) is 6.78. The largest absolute Gasteiger partial charge is 0.379 e. The van der Waals surface area contributed by atoms with Crippen LogP contribution >= 0.6 is 0 Å². The second kappa shape index (κ2) is 12.2. The van der Waals surface area contributed by atoms with E-state index in [-0.39, 0.29) is 0 Å². The molecule has 5 heteroatoms. The highest BCUT2D eigenvalue weighted by Crippen LogP contribution is 2.10. The average molecular weight is 395 g/mol. The molecule has 0 radical (unpaired) electrons. The third-order valence-corrected chi connectivity index (χ3v) is 5.07. The van der Waals surface area contributed by atoms with Crippen LogP contribution in [0, 0.1) is 0 Å². The molecule has 1 aliphatic rings. The van der Waals surface area contributed by atoms with Gasteiger partial charge in [0, 0.05) is 32.7 Å². The first-order valence-corrected chi connectivity index (χ1v) is 10.8. The predicted octanol–water partition coefficient (Wildman–Crippen LogP) is 3.21. The van der Waals surface area contributed by atoms with Crippen LogP contribution in [0.15, 0.2) is 59.6 Å². The van der Waals surface area contributed by atoms with E-state index in [4.69, 9.17) is 9.73 Å². The van der Waals surface area contributed by atoms with Crippen LogP contribution in [-0.4, -0.2) is 50.3 Å². The summed E-state index contributed by atoms with van der Waals surface area (Å²) in [5.41, 5.74) is 3.97. The van der Waals surface area contributed by atoms with Crippen molar-refractivity contribution in [1.29, 1.82) is 0 Å². The van der Waals surface area contributed by atoms with Crippen molar-refractivity contribution < 1.29 is 4.74 Å². The van der Waals surface area contributed by atoms with E-state index in [1.165, 1.54) is 16.7 Å². The highest BCUT2D eigenvalue weighted by atomic mass is 16.5. The van der Waals surface area contributed by atoms with Crippen molar-refractivity contribution in [3.63, 3.8) is 0 Å². The second-order valence-corrected chi connectivity index (χ2v) is 7.42. The lowest BCUT2D eigenvalue weighted by Crippen LogP contribution is -2.37. The van der Waals surface area contributed by atoms with Crippen LogP contribution in [0.1, 0.15) is 30.0 Å². The van der Waals surface area contributed by atoms with E-state index in [9.17, 15) is 0 Å². The highest BCUT2D eigenvalue weighted by molar-refractivity contribution is 5.79. The van der Waals surface area contributed by atoms with E-state index in [0.717, 1.165) is 64.7 Å². The zero-order chi connectivity index (χ0) is 20.2. The smallest absolute Gasteiger partial charge is 0.191 e. The van der Waals surface area contributed by atoms with Gasteiger partial charge in [0.15, 0.2) is 5.96 Å². The van der Waals surface area contributed by atoms with Gasteiger partial charge < -0.3 is 15.4 Å². The molecule has 2 N–H and O–H groups in total. The van der Waals surface area contributed by atoms with Crippen LogP contribution in [0.25, 0.3) is 0 Å². The Labute approximate surface area is 175 Å². The van der Waals surface area contributed by atoms with Crippen molar-refractivity contribution in [2.75, 3.05) is 39.4 Å². The lowest BCUT2D eigenvalue weighted by atomic mass is 10.1. The molecule has 2 aromatic rings. The molecule has 3 rings (SSSR count). The van der Waals surface area contributed by atoms with E-state index in [1.54, 1.807) is 0 Å². The zero-order valence-electron chi connectivity index (χ0n) is 17.6. The first-order valence-electron chi connectivity index (χ1n) is 10.8.